The first-order valence-electron chi connectivity index (χ1n) is 11.8. The van der Waals surface area contributed by atoms with Crippen molar-refractivity contribution in [3.63, 3.8) is 0 Å². The summed E-state index contributed by atoms with van der Waals surface area (Å²) in [5.41, 5.74) is 1.93. The third kappa shape index (κ3) is 3.96. The molecule has 6 rings (SSSR count). The van der Waals surface area contributed by atoms with Crippen LogP contribution in [0, 0.1) is 17.6 Å². The summed E-state index contributed by atoms with van der Waals surface area (Å²) in [6, 6.07) is 8.87. The molecule has 1 aliphatic carbocycles. The number of benzene rings is 2. The number of hydrogen-bond acceptors (Lipinski definition) is 6. The first kappa shape index (κ1) is 22.2. The summed E-state index contributed by atoms with van der Waals surface area (Å²) in [5, 5.41) is 3.33. The number of aromatic nitrogens is 6. The van der Waals surface area contributed by atoms with Gasteiger partial charge in [0, 0.05) is 18.2 Å². The molecule has 0 saturated heterocycles. The number of imidazole rings is 2. The van der Waals surface area contributed by atoms with Gasteiger partial charge in [0.1, 0.15) is 17.7 Å². The van der Waals surface area contributed by atoms with E-state index >= 15 is 0 Å². The van der Waals surface area contributed by atoms with Crippen LogP contribution >= 0.6 is 0 Å². The van der Waals surface area contributed by atoms with Gasteiger partial charge in [0.05, 0.1) is 24.2 Å². The fraction of sp³-hybridized carbons (Fsp3) is 0.280. The van der Waals surface area contributed by atoms with Crippen LogP contribution in [-0.2, 0) is 6.54 Å². The van der Waals surface area contributed by atoms with Crippen LogP contribution in [-0.4, -0.2) is 42.2 Å². The van der Waals surface area contributed by atoms with Crippen LogP contribution in [0.25, 0.3) is 28.1 Å². The SMILES string of the molecule is CCOc1c(F)cccc1Cn1c(=O)[nH]c2c(NCC3CC3)nc(-n3cnc4ccc(F)cc43)nc21. The summed E-state index contributed by atoms with van der Waals surface area (Å²) < 4.78 is 37.0. The molecule has 36 heavy (non-hydrogen) atoms. The fourth-order valence-corrected chi connectivity index (χ4v) is 4.26. The molecule has 3 aromatic heterocycles. The molecular weight excluding hydrogens is 468 g/mol. The maximum Gasteiger partial charge on any atom is 0.328 e. The zero-order valence-corrected chi connectivity index (χ0v) is 19.5. The van der Waals surface area contributed by atoms with Gasteiger partial charge < -0.3 is 15.0 Å². The van der Waals surface area contributed by atoms with Crippen LogP contribution in [0.1, 0.15) is 25.3 Å². The lowest BCUT2D eigenvalue weighted by molar-refractivity contribution is 0.317. The van der Waals surface area contributed by atoms with Crippen LogP contribution in [0.5, 0.6) is 5.75 Å². The van der Waals surface area contributed by atoms with Crippen molar-refractivity contribution in [2.75, 3.05) is 18.5 Å². The van der Waals surface area contributed by atoms with E-state index in [9.17, 15) is 13.6 Å². The second-order valence-electron chi connectivity index (χ2n) is 8.82. The van der Waals surface area contributed by atoms with E-state index in [1.54, 1.807) is 29.7 Å². The first-order chi connectivity index (χ1) is 17.5. The zero-order valence-electron chi connectivity index (χ0n) is 19.5. The normalized spacial score (nSPS) is 13.5. The molecule has 11 heteroatoms. The van der Waals surface area contributed by atoms with Crippen LogP contribution < -0.4 is 15.7 Å². The highest BCUT2D eigenvalue weighted by Gasteiger charge is 2.24. The standard InChI is InChI=1S/C25H23F2N7O2/c1-2-36-21-15(4-3-5-17(21)27)12-33-23-20(30-25(33)35)22(28-11-14-6-7-14)31-24(32-23)34-13-29-18-9-8-16(26)10-19(18)34/h3-5,8-10,13-14H,2,6-7,11-12H2,1H3,(H,30,35)(H,28,31,32). The summed E-state index contributed by atoms with van der Waals surface area (Å²) in [6.45, 7) is 2.78. The minimum absolute atomic E-state index is 0.0315. The van der Waals surface area contributed by atoms with Gasteiger partial charge in [-0.15, -0.1) is 0 Å². The number of nitrogens with one attached hydrogen (secondary N) is 2. The van der Waals surface area contributed by atoms with Crippen molar-refractivity contribution < 1.29 is 13.5 Å². The third-order valence-corrected chi connectivity index (χ3v) is 6.26. The van der Waals surface area contributed by atoms with Crippen LogP contribution in [0.4, 0.5) is 14.6 Å². The van der Waals surface area contributed by atoms with Gasteiger partial charge in [-0.1, -0.05) is 12.1 Å². The number of hydrogen-bond donors (Lipinski definition) is 2. The average molecular weight is 492 g/mol. The van der Waals surface area contributed by atoms with Gasteiger partial charge in [0.2, 0.25) is 5.95 Å². The Labute approximate surface area is 203 Å². The van der Waals surface area contributed by atoms with E-state index in [4.69, 9.17) is 4.74 Å². The smallest absolute Gasteiger partial charge is 0.328 e. The van der Waals surface area contributed by atoms with Crippen LogP contribution in [0.15, 0.2) is 47.5 Å². The number of para-hydroxylation sites is 1. The van der Waals surface area contributed by atoms with E-state index in [0.717, 1.165) is 12.8 Å². The van der Waals surface area contributed by atoms with E-state index in [1.165, 1.54) is 29.1 Å². The summed E-state index contributed by atoms with van der Waals surface area (Å²) in [4.78, 5) is 29.6. The molecule has 2 N–H and O–H groups in total. The number of halogens is 2. The Balaban J connectivity index is 1.52. The van der Waals surface area contributed by atoms with Crippen molar-refractivity contribution in [2.45, 2.75) is 26.3 Å². The van der Waals surface area contributed by atoms with Crippen molar-refractivity contribution in [3.05, 3.63) is 70.4 Å². The predicted molar refractivity (Wildman–Crippen MR) is 131 cm³/mol. The number of fused-ring (bicyclic) bond motifs is 2. The molecule has 2 aromatic carbocycles. The van der Waals surface area contributed by atoms with E-state index in [1.807, 2.05) is 0 Å². The van der Waals surface area contributed by atoms with Crippen molar-refractivity contribution in [3.8, 4) is 11.7 Å². The Morgan fingerprint density at radius 2 is 2.06 bits per heavy atom. The maximum atomic E-state index is 14.5. The lowest BCUT2D eigenvalue weighted by Crippen LogP contribution is -2.18. The summed E-state index contributed by atoms with van der Waals surface area (Å²) >= 11 is 0. The second-order valence-corrected chi connectivity index (χ2v) is 8.82. The monoisotopic (exact) mass is 491 g/mol. The Morgan fingerprint density at radius 3 is 2.86 bits per heavy atom. The Hall–Kier alpha value is -4.28. The quantitative estimate of drug-likeness (QED) is 0.340. The van der Waals surface area contributed by atoms with Crippen LogP contribution in [0.2, 0.25) is 0 Å². The van der Waals surface area contributed by atoms with Gasteiger partial charge in [-0.3, -0.25) is 9.13 Å². The molecule has 184 valence electrons. The highest BCUT2D eigenvalue weighted by Crippen LogP contribution is 2.30. The molecule has 0 bridgehead atoms. The molecule has 0 amide bonds. The average Bonchev–Trinajstić information content (AvgIpc) is 3.52. The summed E-state index contributed by atoms with van der Waals surface area (Å²) in [7, 11) is 0. The van der Waals surface area contributed by atoms with Crippen molar-refractivity contribution >= 4 is 28.0 Å². The van der Waals surface area contributed by atoms with Gasteiger partial charge >= 0.3 is 5.69 Å². The summed E-state index contributed by atoms with van der Waals surface area (Å²) in [5.74, 6) is 0.420. The largest absolute Gasteiger partial charge is 0.490 e. The molecule has 5 aromatic rings. The molecule has 9 nitrogen and oxygen atoms in total. The fourth-order valence-electron chi connectivity index (χ4n) is 4.26. The molecule has 0 radical (unpaired) electrons. The molecule has 0 aliphatic heterocycles. The van der Waals surface area contributed by atoms with Gasteiger partial charge in [-0.2, -0.15) is 9.97 Å². The maximum absolute atomic E-state index is 14.5. The number of ether oxygens (including phenoxy) is 1. The molecule has 1 aliphatic rings. The Morgan fingerprint density at radius 1 is 1.19 bits per heavy atom. The molecule has 1 saturated carbocycles. The number of aromatic amines is 1. The zero-order chi connectivity index (χ0) is 24.8. The lowest BCUT2D eigenvalue weighted by Gasteiger charge is -2.12. The van der Waals surface area contributed by atoms with Gasteiger partial charge in [-0.25, -0.2) is 18.6 Å². The van der Waals surface area contributed by atoms with Gasteiger partial charge in [0.25, 0.3) is 0 Å². The topological polar surface area (TPSA) is 103 Å². The number of H-pyrrole nitrogens is 1. The summed E-state index contributed by atoms with van der Waals surface area (Å²) in [6.07, 6.45) is 3.79. The molecular formula is C25H23F2N7O2. The third-order valence-electron chi connectivity index (χ3n) is 6.26. The van der Waals surface area contributed by atoms with Crippen molar-refractivity contribution in [2.24, 2.45) is 5.92 Å². The molecule has 3 heterocycles. The van der Waals surface area contributed by atoms with Crippen molar-refractivity contribution in [1.82, 2.24) is 29.1 Å². The minimum Gasteiger partial charge on any atom is -0.490 e. The van der Waals surface area contributed by atoms with Crippen LogP contribution in [0.3, 0.4) is 0 Å². The van der Waals surface area contributed by atoms with E-state index in [-0.39, 0.29) is 24.8 Å². The highest BCUT2D eigenvalue weighted by atomic mass is 19.1. The lowest BCUT2D eigenvalue weighted by atomic mass is 10.2. The van der Waals surface area contributed by atoms with E-state index in [0.29, 0.717) is 46.0 Å². The predicted octanol–water partition coefficient (Wildman–Crippen LogP) is 4.01. The second kappa shape index (κ2) is 8.74. The first-order valence-corrected chi connectivity index (χ1v) is 11.8. The van der Waals surface area contributed by atoms with Gasteiger partial charge in [0.15, 0.2) is 23.0 Å². The highest BCUT2D eigenvalue weighted by molar-refractivity contribution is 5.84. The van der Waals surface area contributed by atoms with E-state index < -0.39 is 17.3 Å². The Kier molecular flexibility index (Phi) is 5.39. The van der Waals surface area contributed by atoms with Gasteiger partial charge in [-0.05, 0) is 43.9 Å². The van der Waals surface area contributed by atoms with Crippen molar-refractivity contribution in [1.29, 1.82) is 0 Å². The molecule has 0 atom stereocenters. The minimum atomic E-state index is -0.503. The van der Waals surface area contributed by atoms with E-state index in [2.05, 4.69) is 25.3 Å². The molecule has 1 fully saturated rings. The number of anilines is 1. The molecule has 0 spiro atoms. The molecule has 0 unspecified atom stereocenters. The number of rotatable bonds is 8. The Bertz CT molecular complexity index is 1650. The number of nitrogens with zero attached hydrogens (tertiary/aromatic N) is 5.